The van der Waals surface area contributed by atoms with Gasteiger partial charge in [-0.05, 0) is 48.6 Å². The normalized spacial score (nSPS) is 32.3. The predicted molar refractivity (Wildman–Crippen MR) is 82.7 cm³/mol. The second-order valence-corrected chi connectivity index (χ2v) is 7.09. The molecule has 1 N–H and O–H groups in total. The molecule has 0 aromatic heterocycles. The summed E-state index contributed by atoms with van der Waals surface area (Å²) in [7, 11) is 0. The van der Waals surface area contributed by atoms with Crippen molar-refractivity contribution in [3.05, 3.63) is 29.8 Å². The molecule has 1 aromatic rings. The number of carboxylic acid groups (broad SMARTS) is 1. The lowest BCUT2D eigenvalue weighted by Crippen LogP contribution is -2.33. The van der Waals surface area contributed by atoms with Crippen molar-refractivity contribution >= 4 is 17.6 Å². The Labute approximate surface area is 130 Å². The number of rotatable bonds is 3. The maximum Gasteiger partial charge on any atom is 0.312 e. The molecule has 2 saturated carbocycles. The van der Waals surface area contributed by atoms with Gasteiger partial charge in [-0.15, -0.1) is 0 Å². The number of para-hydroxylation sites is 1. The number of nitrogens with zero attached hydrogens (tertiary/aromatic N) is 1. The summed E-state index contributed by atoms with van der Waals surface area (Å²) < 4.78 is 0. The summed E-state index contributed by atoms with van der Waals surface area (Å²) in [4.78, 5) is 25.9. The molecule has 4 unspecified atom stereocenters. The summed E-state index contributed by atoms with van der Waals surface area (Å²) in [6.45, 7) is 0.286. The summed E-state index contributed by atoms with van der Waals surface area (Å²) in [6.07, 6.45) is 5.68. The zero-order valence-electron chi connectivity index (χ0n) is 12.6. The molecule has 116 valence electrons. The minimum atomic E-state index is -0.845. The highest BCUT2D eigenvalue weighted by Crippen LogP contribution is 2.50. The van der Waals surface area contributed by atoms with Crippen LogP contribution in [0, 0.1) is 17.8 Å². The van der Waals surface area contributed by atoms with E-state index in [0.717, 1.165) is 23.1 Å². The van der Waals surface area contributed by atoms with Gasteiger partial charge in [0.1, 0.15) is 5.92 Å². The van der Waals surface area contributed by atoms with Crippen molar-refractivity contribution in [1.82, 2.24) is 0 Å². The molecular weight excluding hydrogens is 278 g/mol. The third-order valence-corrected chi connectivity index (χ3v) is 5.89. The van der Waals surface area contributed by atoms with Crippen molar-refractivity contribution in [1.29, 1.82) is 0 Å². The van der Waals surface area contributed by atoms with Gasteiger partial charge in [0.15, 0.2) is 0 Å². The first-order chi connectivity index (χ1) is 10.6. The van der Waals surface area contributed by atoms with Crippen LogP contribution in [0.4, 0.5) is 5.69 Å². The average molecular weight is 299 g/mol. The van der Waals surface area contributed by atoms with Crippen LogP contribution in [-0.2, 0) is 9.59 Å². The maximum absolute atomic E-state index is 12.7. The van der Waals surface area contributed by atoms with E-state index in [9.17, 15) is 14.7 Å². The molecule has 2 aliphatic carbocycles. The Morgan fingerprint density at radius 3 is 2.68 bits per heavy atom. The molecule has 3 aliphatic rings. The first-order valence-electron chi connectivity index (χ1n) is 8.25. The van der Waals surface area contributed by atoms with Crippen LogP contribution in [0.2, 0.25) is 0 Å². The zero-order chi connectivity index (χ0) is 15.3. The molecule has 4 heteroatoms. The van der Waals surface area contributed by atoms with Crippen LogP contribution < -0.4 is 4.90 Å². The van der Waals surface area contributed by atoms with Gasteiger partial charge in [-0.3, -0.25) is 9.59 Å². The maximum atomic E-state index is 12.7. The number of hydrogen-bond donors (Lipinski definition) is 1. The van der Waals surface area contributed by atoms with Crippen LogP contribution in [0.15, 0.2) is 24.3 Å². The Hall–Kier alpha value is -1.84. The smallest absolute Gasteiger partial charge is 0.312 e. The van der Waals surface area contributed by atoms with Gasteiger partial charge in [0, 0.05) is 18.7 Å². The molecule has 1 aromatic carbocycles. The van der Waals surface area contributed by atoms with E-state index in [1.165, 1.54) is 25.7 Å². The van der Waals surface area contributed by atoms with Gasteiger partial charge in [-0.2, -0.15) is 0 Å². The molecule has 4 atom stereocenters. The number of benzene rings is 1. The summed E-state index contributed by atoms with van der Waals surface area (Å²) in [5.74, 6) is 0.751. The van der Waals surface area contributed by atoms with E-state index >= 15 is 0 Å². The van der Waals surface area contributed by atoms with Gasteiger partial charge < -0.3 is 10.0 Å². The second-order valence-electron chi connectivity index (χ2n) is 7.09. The van der Waals surface area contributed by atoms with E-state index in [1.807, 2.05) is 24.3 Å². The highest BCUT2D eigenvalue weighted by Gasteiger charge is 2.42. The molecule has 1 heterocycles. The number of carbonyl (C=O) groups is 2. The summed E-state index contributed by atoms with van der Waals surface area (Å²) in [6, 6.07) is 7.43. The number of carbonyl (C=O) groups excluding carboxylic acids is 1. The van der Waals surface area contributed by atoms with Gasteiger partial charge in [0.05, 0.1) is 0 Å². The molecule has 2 bridgehead atoms. The first kappa shape index (κ1) is 13.8. The van der Waals surface area contributed by atoms with Gasteiger partial charge in [-0.25, -0.2) is 0 Å². The van der Waals surface area contributed by atoms with Crippen LogP contribution in [-0.4, -0.2) is 23.5 Å². The Morgan fingerprint density at radius 1 is 1.18 bits per heavy atom. The molecule has 0 radical (unpaired) electrons. The Balaban J connectivity index is 1.53. The van der Waals surface area contributed by atoms with Crippen molar-refractivity contribution in [2.24, 2.45) is 17.8 Å². The third kappa shape index (κ3) is 2.13. The predicted octanol–water partition coefficient (Wildman–Crippen LogP) is 3.03. The molecule has 1 aliphatic heterocycles. The van der Waals surface area contributed by atoms with Gasteiger partial charge >= 0.3 is 5.97 Å². The fourth-order valence-corrected chi connectivity index (χ4v) is 4.82. The van der Waals surface area contributed by atoms with Crippen LogP contribution in [0.1, 0.15) is 43.6 Å². The number of fused-ring (bicyclic) bond motifs is 3. The number of anilines is 1. The fraction of sp³-hybridized carbons (Fsp3) is 0.556. The van der Waals surface area contributed by atoms with E-state index in [-0.39, 0.29) is 12.5 Å². The van der Waals surface area contributed by atoms with Crippen molar-refractivity contribution in [2.75, 3.05) is 11.4 Å². The molecule has 22 heavy (non-hydrogen) atoms. The topological polar surface area (TPSA) is 57.6 Å². The average Bonchev–Trinajstić information content (AvgIpc) is 3.20. The third-order valence-electron chi connectivity index (χ3n) is 5.89. The van der Waals surface area contributed by atoms with Crippen LogP contribution >= 0.6 is 0 Å². The lowest BCUT2D eigenvalue weighted by Gasteiger charge is -2.24. The van der Waals surface area contributed by atoms with Gasteiger partial charge in [-0.1, -0.05) is 24.6 Å². The number of aliphatic carboxylic acids is 1. The highest BCUT2D eigenvalue weighted by molar-refractivity contribution is 5.99. The molecule has 4 rings (SSSR count). The van der Waals surface area contributed by atoms with Gasteiger partial charge in [0.25, 0.3) is 0 Å². The van der Waals surface area contributed by atoms with Crippen LogP contribution in [0.3, 0.4) is 0 Å². The summed E-state index contributed by atoms with van der Waals surface area (Å²) >= 11 is 0. The van der Waals surface area contributed by atoms with Crippen molar-refractivity contribution < 1.29 is 14.7 Å². The molecule has 2 fully saturated rings. The Bertz CT molecular complexity index is 627. The van der Waals surface area contributed by atoms with E-state index in [2.05, 4.69) is 0 Å². The summed E-state index contributed by atoms with van der Waals surface area (Å²) in [5.41, 5.74) is 1.57. The molecule has 4 nitrogen and oxygen atoms in total. The molecule has 0 saturated heterocycles. The molecule has 0 spiro atoms. The monoisotopic (exact) mass is 299 g/mol. The fourth-order valence-electron chi connectivity index (χ4n) is 4.82. The van der Waals surface area contributed by atoms with Crippen molar-refractivity contribution in [2.45, 2.75) is 38.0 Å². The lowest BCUT2D eigenvalue weighted by atomic mass is 9.86. The zero-order valence-corrected chi connectivity index (χ0v) is 12.6. The van der Waals surface area contributed by atoms with Crippen LogP contribution in [0.5, 0.6) is 0 Å². The first-order valence-corrected chi connectivity index (χ1v) is 8.25. The standard InChI is InChI=1S/C18H21NO3/c20-17(9-13-8-11-5-6-12(13)7-11)19-10-15(18(21)22)14-3-1-2-4-16(14)19/h1-4,11-13,15H,5-10H2,(H,21,22). The van der Waals surface area contributed by atoms with Gasteiger partial charge in [0.2, 0.25) is 5.91 Å². The Kier molecular flexibility index (Phi) is 3.21. The summed E-state index contributed by atoms with van der Waals surface area (Å²) in [5, 5.41) is 9.39. The van der Waals surface area contributed by atoms with E-state index < -0.39 is 11.9 Å². The minimum Gasteiger partial charge on any atom is -0.481 e. The van der Waals surface area contributed by atoms with Crippen LogP contribution in [0.25, 0.3) is 0 Å². The number of carboxylic acids is 1. The molecular formula is C18H21NO3. The van der Waals surface area contributed by atoms with E-state index in [0.29, 0.717) is 12.3 Å². The SMILES string of the molecule is O=C(O)C1CN(C(=O)CC2CC3CCC2C3)c2ccccc21. The van der Waals surface area contributed by atoms with E-state index in [1.54, 1.807) is 4.90 Å². The number of amides is 1. The van der Waals surface area contributed by atoms with Crippen molar-refractivity contribution in [3.63, 3.8) is 0 Å². The van der Waals surface area contributed by atoms with Crippen molar-refractivity contribution in [3.8, 4) is 0 Å². The largest absolute Gasteiger partial charge is 0.481 e. The lowest BCUT2D eigenvalue weighted by molar-refractivity contribution is -0.138. The molecule has 1 amide bonds. The highest BCUT2D eigenvalue weighted by atomic mass is 16.4. The van der Waals surface area contributed by atoms with E-state index in [4.69, 9.17) is 0 Å². The Morgan fingerprint density at radius 2 is 2.00 bits per heavy atom. The number of hydrogen-bond acceptors (Lipinski definition) is 2. The minimum absolute atomic E-state index is 0.105. The quantitative estimate of drug-likeness (QED) is 0.933. The second kappa shape index (κ2) is 5.11.